The van der Waals surface area contributed by atoms with Gasteiger partial charge in [-0.3, -0.25) is 19.7 Å². The number of carboxylic acids is 1. The number of piperazine rings is 1. The van der Waals surface area contributed by atoms with Gasteiger partial charge in [-0.1, -0.05) is 0 Å². The molecule has 0 aromatic rings. The highest BCUT2D eigenvalue weighted by Gasteiger charge is 2.50. The summed E-state index contributed by atoms with van der Waals surface area (Å²) in [6.07, 6.45) is 1.22. The molecule has 2 fully saturated rings. The maximum atomic E-state index is 11.7. The van der Waals surface area contributed by atoms with E-state index in [1.807, 2.05) is 0 Å². The molecule has 0 aromatic heterocycles. The van der Waals surface area contributed by atoms with E-state index in [2.05, 4.69) is 16.0 Å². The van der Waals surface area contributed by atoms with E-state index in [0.717, 1.165) is 0 Å². The lowest BCUT2D eigenvalue weighted by molar-refractivity contribution is -0.143. The van der Waals surface area contributed by atoms with Crippen molar-refractivity contribution in [3.8, 4) is 0 Å². The fourth-order valence-electron chi connectivity index (χ4n) is 1.75. The Bertz CT molecular complexity index is 355. The van der Waals surface area contributed by atoms with E-state index in [1.165, 1.54) is 0 Å². The van der Waals surface area contributed by atoms with Gasteiger partial charge in [0.2, 0.25) is 11.8 Å². The van der Waals surface area contributed by atoms with Gasteiger partial charge in [-0.2, -0.15) is 0 Å². The second-order valence-corrected chi connectivity index (χ2v) is 4.54. The molecule has 0 radical (unpaired) electrons. The summed E-state index contributed by atoms with van der Waals surface area (Å²) in [5.74, 6) is -1.27. The van der Waals surface area contributed by atoms with Crippen LogP contribution in [-0.4, -0.2) is 48.6 Å². The van der Waals surface area contributed by atoms with Crippen LogP contribution in [0.15, 0.2) is 0 Å². The van der Waals surface area contributed by atoms with Crippen LogP contribution < -0.4 is 16.0 Å². The van der Waals surface area contributed by atoms with Gasteiger partial charge in [0, 0.05) is 13.1 Å². The number of amides is 2. The third kappa shape index (κ3) is 2.55. The third-order valence-electron chi connectivity index (χ3n) is 3.24. The minimum atomic E-state index is -0.859. The molecule has 2 aliphatic rings. The van der Waals surface area contributed by atoms with Crippen LogP contribution in [0.5, 0.6) is 0 Å². The molecule has 1 atom stereocenters. The molecule has 1 heterocycles. The normalized spacial score (nSPS) is 25.9. The van der Waals surface area contributed by atoms with Crippen LogP contribution in [0, 0.1) is 5.41 Å². The molecule has 7 heteroatoms. The monoisotopic (exact) mass is 241 g/mol. The Balaban J connectivity index is 1.78. The fraction of sp³-hybridized carbons (Fsp3) is 0.700. The van der Waals surface area contributed by atoms with Crippen molar-refractivity contribution in [3.63, 3.8) is 0 Å². The van der Waals surface area contributed by atoms with Crippen LogP contribution in [0.1, 0.15) is 12.8 Å². The van der Waals surface area contributed by atoms with Crippen molar-refractivity contribution >= 4 is 17.8 Å². The van der Waals surface area contributed by atoms with Crippen LogP contribution in [-0.2, 0) is 14.4 Å². The SMILES string of the molecule is O=C1CNC(C(=O)NCC2(C(=O)O)CC2)CN1. The Kier molecular flexibility index (Phi) is 3.01. The summed E-state index contributed by atoms with van der Waals surface area (Å²) in [5, 5.41) is 16.9. The zero-order valence-corrected chi connectivity index (χ0v) is 9.28. The van der Waals surface area contributed by atoms with Crippen molar-refractivity contribution in [3.05, 3.63) is 0 Å². The predicted octanol–water partition coefficient (Wildman–Crippen LogP) is -1.94. The van der Waals surface area contributed by atoms with Crippen LogP contribution in [0.3, 0.4) is 0 Å². The molecule has 0 bridgehead atoms. The Hall–Kier alpha value is -1.63. The molecular formula is C10H15N3O4. The van der Waals surface area contributed by atoms with E-state index >= 15 is 0 Å². The van der Waals surface area contributed by atoms with Gasteiger partial charge in [-0.25, -0.2) is 0 Å². The molecule has 1 aliphatic heterocycles. The topological polar surface area (TPSA) is 108 Å². The zero-order chi connectivity index (χ0) is 12.5. The molecule has 4 N–H and O–H groups in total. The van der Waals surface area contributed by atoms with E-state index < -0.39 is 17.4 Å². The number of aliphatic carboxylic acids is 1. The largest absolute Gasteiger partial charge is 0.481 e. The summed E-state index contributed by atoms with van der Waals surface area (Å²) >= 11 is 0. The Labute approximate surface area is 97.9 Å². The Morgan fingerprint density at radius 3 is 2.65 bits per heavy atom. The third-order valence-corrected chi connectivity index (χ3v) is 3.24. The number of carbonyl (C=O) groups is 3. The average molecular weight is 241 g/mol. The van der Waals surface area contributed by atoms with Gasteiger partial charge < -0.3 is 15.7 Å². The quantitative estimate of drug-likeness (QED) is 0.458. The minimum Gasteiger partial charge on any atom is -0.481 e. The molecule has 0 spiro atoms. The maximum absolute atomic E-state index is 11.7. The number of nitrogens with one attached hydrogen (secondary N) is 3. The second-order valence-electron chi connectivity index (χ2n) is 4.54. The van der Waals surface area contributed by atoms with Crippen LogP contribution >= 0.6 is 0 Å². The van der Waals surface area contributed by atoms with Crippen molar-refractivity contribution in [1.29, 1.82) is 0 Å². The Morgan fingerprint density at radius 2 is 2.18 bits per heavy atom. The first-order valence-electron chi connectivity index (χ1n) is 5.55. The summed E-state index contributed by atoms with van der Waals surface area (Å²) in [7, 11) is 0. The van der Waals surface area contributed by atoms with E-state index in [-0.39, 0.29) is 31.4 Å². The zero-order valence-electron chi connectivity index (χ0n) is 9.28. The summed E-state index contributed by atoms with van der Waals surface area (Å²) in [6.45, 7) is 0.514. The number of carboxylic acid groups (broad SMARTS) is 1. The lowest BCUT2D eigenvalue weighted by atomic mass is 10.1. The van der Waals surface area contributed by atoms with E-state index in [9.17, 15) is 14.4 Å². The first kappa shape index (κ1) is 11.8. The fourth-order valence-corrected chi connectivity index (χ4v) is 1.75. The van der Waals surface area contributed by atoms with Gasteiger partial charge in [0.25, 0.3) is 0 Å². The number of hydrogen-bond acceptors (Lipinski definition) is 4. The predicted molar refractivity (Wildman–Crippen MR) is 57.1 cm³/mol. The molecular weight excluding hydrogens is 226 g/mol. The van der Waals surface area contributed by atoms with Crippen LogP contribution in [0.4, 0.5) is 0 Å². The van der Waals surface area contributed by atoms with Gasteiger partial charge in [0.05, 0.1) is 12.0 Å². The summed E-state index contributed by atoms with van der Waals surface area (Å²) in [5.41, 5.74) is -0.756. The molecule has 2 amide bonds. The van der Waals surface area contributed by atoms with E-state index in [1.54, 1.807) is 0 Å². The molecule has 2 rings (SSSR count). The van der Waals surface area contributed by atoms with Crippen molar-refractivity contribution < 1.29 is 19.5 Å². The highest BCUT2D eigenvalue weighted by Crippen LogP contribution is 2.45. The van der Waals surface area contributed by atoms with Gasteiger partial charge in [-0.15, -0.1) is 0 Å². The van der Waals surface area contributed by atoms with Crippen molar-refractivity contribution in [2.45, 2.75) is 18.9 Å². The highest BCUT2D eigenvalue weighted by atomic mass is 16.4. The molecule has 1 aliphatic carbocycles. The van der Waals surface area contributed by atoms with Crippen LogP contribution in [0.25, 0.3) is 0 Å². The molecule has 1 unspecified atom stereocenters. The average Bonchev–Trinajstić information content (AvgIpc) is 3.08. The highest BCUT2D eigenvalue weighted by molar-refractivity contribution is 5.87. The van der Waals surface area contributed by atoms with E-state index in [4.69, 9.17) is 5.11 Å². The first-order chi connectivity index (χ1) is 8.03. The number of hydrogen-bond donors (Lipinski definition) is 4. The van der Waals surface area contributed by atoms with Crippen molar-refractivity contribution in [1.82, 2.24) is 16.0 Å². The molecule has 0 aromatic carbocycles. The minimum absolute atomic E-state index is 0.113. The number of carbonyl (C=O) groups excluding carboxylic acids is 2. The van der Waals surface area contributed by atoms with Gasteiger partial charge in [0.15, 0.2) is 0 Å². The first-order valence-corrected chi connectivity index (χ1v) is 5.55. The molecule has 94 valence electrons. The summed E-state index contributed by atoms with van der Waals surface area (Å²) < 4.78 is 0. The number of rotatable bonds is 4. The lowest BCUT2D eigenvalue weighted by Gasteiger charge is -2.23. The van der Waals surface area contributed by atoms with Gasteiger partial charge in [-0.05, 0) is 12.8 Å². The van der Waals surface area contributed by atoms with Crippen molar-refractivity contribution in [2.24, 2.45) is 5.41 Å². The second kappa shape index (κ2) is 4.33. The molecule has 7 nitrogen and oxygen atoms in total. The van der Waals surface area contributed by atoms with Gasteiger partial charge in [0.1, 0.15) is 6.04 Å². The molecule has 1 saturated heterocycles. The van der Waals surface area contributed by atoms with Crippen LogP contribution in [0.2, 0.25) is 0 Å². The van der Waals surface area contributed by atoms with Crippen molar-refractivity contribution in [2.75, 3.05) is 19.6 Å². The standard InChI is InChI=1S/C10H15N3O4/c14-7-4-11-6(3-12-7)8(15)13-5-10(1-2-10)9(16)17/h6,11H,1-5H2,(H,12,14)(H,13,15)(H,16,17). The maximum Gasteiger partial charge on any atom is 0.311 e. The molecule has 17 heavy (non-hydrogen) atoms. The smallest absolute Gasteiger partial charge is 0.311 e. The lowest BCUT2D eigenvalue weighted by Crippen LogP contribution is -2.58. The summed E-state index contributed by atoms with van der Waals surface area (Å²) in [6, 6.07) is -0.475. The Morgan fingerprint density at radius 1 is 1.47 bits per heavy atom. The van der Waals surface area contributed by atoms with E-state index in [0.29, 0.717) is 12.8 Å². The van der Waals surface area contributed by atoms with Gasteiger partial charge >= 0.3 is 5.97 Å². The molecule has 1 saturated carbocycles. The summed E-state index contributed by atoms with van der Waals surface area (Å²) in [4.78, 5) is 33.4.